The molecule has 0 saturated heterocycles. The van der Waals surface area contributed by atoms with Crippen LogP contribution in [0.3, 0.4) is 0 Å². The van der Waals surface area contributed by atoms with Crippen LogP contribution in [0.15, 0.2) is 47.3 Å². The molecule has 0 radical (unpaired) electrons. The summed E-state index contributed by atoms with van der Waals surface area (Å²) >= 11 is 1.41. The smallest absolute Gasteiger partial charge is 0.267 e. The zero-order valence-electron chi connectivity index (χ0n) is 17.3. The second-order valence-corrected chi connectivity index (χ2v) is 8.98. The average Bonchev–Trinajstić information content (AvgIpc) is 3.19. The van der Waals surface area contributed by atoms with Gasteiger partial charge in [-0.05, 0) is 32.8 Å². The number of rotatable bonds is 5. The number of hydrogen-bond donors (Lipinski definition) is 1. The third-order valence-electron chi connectivity index (χ3n) is 5.43. The third-order valence-corrected chi connectivity index (χ3v) is 6.42. The van der Waals surface area contributed by atoms with Crippen LogP contribution in [0.1, 0.15) is 52.0 Å². The summed E-state index contributed by atoms with van der Waals surface area (Å²) < 4.78 is 1.48. The number of carbonyl (C=O) groups excluding carboxylic acids is 1. The number of aromatic nitrogens is 3. The molecule has 7 heteroatoms. The van der Waals surface area contributed by atoms with Crippen LogP contribution in [-0.4, -0.2) is 20.7 Å². The molecule has 1 aliphatic rings. The standard InChI is InChI=1S/C23H26N4O2S/c1-15(2)27-19(28)14-13-18(26-27)21-20(16-9-5-3-6-10-16)24-23(30-21)25-22(29)17-11-7-4-8-12-17/h3,5-6,9-10,13-15,17H,4,7-8,11-12H2,1-2H3,(H,24,25,29). The van der Waals surface area contributed by atoms with E-state index in [0.717, 1.165) is 41.8 Å². The predicted molar refractivity (Wildman–Crippen MR) is 121 cm³/mol. The molecule has 0 atom stereocenters. The van der Waals surface area contributed by atoms with Crippen LogP contribution in [0.4, 0.5) is 5.13 Å². The Morgan fingerprint density at radius 1 is 1.10 bits per heavy atom. The van der Waals surface area contributed by atoms with Crippen molar-refractivity contribution in [3.8, 4) is 21.8 Å². The Morgan fingerprint density at radius 2 is 1.83 bits per heavy atom. The van der Waals surface area contributed by atoms with Crippen molar-refractivity contribution in [2.75, 3.05) is 5.32 Å². The Labute approximate surface area is 180 Å². The van der Waals surface area contributed by atoms with Gasteiger partial charge in [-0.25, -0.2) is 9.67 Å². The maximum absolute atomic E-state index is 12.7. The Hall–Kier alpha value is -2.80. The highest BCUT2D eigenvalue weighted by atomic mass is 32.1. The van der Waals surface area contributed by atoms with Crippen LogP contribution in [0, 0.1) is 5.92 Å². The largest absolute Gasteiger partial charge is 0.302 e. The van der Waals surface area contributed by atoms with Gasteiger partial charge in [0, 0.05) is 17.5 Å². The SMILES string of the molecule is CC(C)n1nc(-c2sc(NC(=O)C3CCCCC3)nc2-c2ccccc2)ccc1=O. The molecule has 3 aromatic rings. The fourth-order valence-electron chi connectivity index (χ4n) is 3.83. The molecule has 0 bridgehead atoms. The Morgan fingerprint density at radius 3 is 2.53 bits per heavy atom. The van der Waals surface area contributed by atoms with Crippen molar-refractivity contribution in [3.05, 3.63) is 52.8 Å². The van der Waals surface area contributed by atoms with Gasteiger partial charge in [0.25, 0.3) is 5.56 Å². The van der Waals surface area contributed by atoms with Crippen molar-refractivity contribution in [1.82, 2.24) is 14.8 Å². The summed E-state index contributed by atoms with van der Waals surface area (Å²) in [6.45, 7) is 3.86. The minimum atomic E-state index is -0.134. The van der Waals surface area contributed by atoms with Gasteiger partial charge in [-0.15, -0.1) is 0 Å². The quantitative estimate of drug-likeness (QED) is 0.618. The van der Waals surface area contributed by atoms with E-state index in [0.29, 0.717) is 10.8 Å². The zero-order valence-corrected chi connectivity index (χ0v) is 18.1. The summed E-state index contributed by atoms with van der Waals surface area (Å²) in [6, 6.07) is 13.1. The van der Waals surface area contributed by atoms with E-state index in [4.69, 9.17) is 4.98 Å². The minimum Gasteiger partial charge on any atom is -0.302 e. The highest BCUT2D eigenvalue weighted by molar-refractivity contribution is 7.19. The monoisotopic (exact) mass is 422 g/mol. The van der Waals surface area contributed by atoms with Crippen molar-refractivity contribution in [3.63, 3.8) is 0 Å². The number of anilines is 1. The lowest BCUT2D eigenvalue weighted by atomic mass is 9.89. The van der Waals surface area contributed by atoms with E-state index in [2.05, 4.69) is 10.4 Å². The van der Waals surface area contributed by atoms with Gasteiger partial charge in [0.1, 0.15) is 5.69 Å². The van der Waals surface area contributed by atoms with E-state index < -0.39 is 0 Å². The molecule has 1 fully saturated rings. The molecule has 0 spiro atoms. The highest BCUT2D eigenvalue weighted by Gasteiger charge is 2.24. The second kappa shape index (κ2) is 8.92. The maximum Gasteiger partial charge on any atom is 0.267 e. The van der Waals surface area contributed by atoms with Gasteiger partial charge in [-0.1, -0.05) is 60.9 Å². The summed E-state index contributed by atoms with van der Waals surface area (Å²) in [4.78, 5) is 30.5. The second-order valence-electron chi connectivity index (χ2n) is 7.98. The molecule has 0 aliphatic heterocycles. The molecule has 0 unspecified atom stereocenters. The molecular formula is C23H26N4O2S. The Bertz CT molecular complexity index is 1080. The van der Waals surface area contributed by atoms with Crippen LogP contribution >= 0.6 is 11.3 Å². The number of thiazole rings is 1. The maximum atomic E-state index is 12.7. The summed E-state index contributed by atoms with van der Waals surface area (Å²) in [6.07, 6.45) is 5.31. The lowest BCUT2D eigenvalue weighted by molar-refractivity contribution is -0.120. The van der Waals surface area contributed by atoms with E-state index in [1.165, 1.54) is 28.5 Å². The van der Waals surface area contributed by atoms with E-state index in [-0.39, 0.29) is 23.4 Å². The van der Waals surface area contributed by atoms with Gasteiger partial charge in [0.2, 0.25) is 5.91 Å². The molecule has 2 aromatic heterocycles. The van der Waals surface area contributed by atoms with Gasteiger partial charge in [-0.2, -0.15) is 5.10 Å². The van der Waals surface area contributed by atoms with Crippen molar-refractivity contribution in [1.29, 1.82) is 0 Å². The molecule has 1 amide bonds. The first-order chi connectivity index (χ1) is 14.5. The molecular weight excluding hydrogens is 396 g/mol. The summed E-state index contributed by atoms with van der Waals surface area (Å²) in [7, 11) is 0. The first-order valence-electron chi connectivity index (χ1n) is 10.5. The number of benzene rings is 1. The number of carbonyl (C=O) groups is 1. The average molecular weight is 423 g/mol. The zero-order chi connectivity index (χ0) is 21.1. The van der Waals surface area contributed by atoms with E-state index in [1.54, 1.807) is 6.07 Å². The minimum absolute atomic E-state index is 0.0454. The summed E-state index contributed by atoms with van der Waals surface area (Å²) in [5.74, 6) is 0.113. The van der Waals surface area contributed by atoms with Crippen LogP contribution in [0.2, 0.25) is 0 Å². The Balaban J connectivity index is 1.73. The normalized spacial score (nSPS) is 14.8. The molecule has 1 saturated carbocycles. The molecule has 1 aromatic carbocycles. The fraction of sp³-hybridized carbons (Fsp3) is 0.391. The molecule has 156 valence electrons. The molecule has 6 nitrogen and oxygen atoms in total. The summed E-state index contributed by atoms with van der Waals surface area (Å²) in [5, 5.41) is 8.18. The van der Waals surface area contributed by atoms with Gasteiger partial charge >= 0.3 is 0 Å². The van der Waals surface area contributed by atoms with Gasteiger partial charge < -0.3 is 5.32 Å². The van der Waals surface area contributed by atoms with E-state index in [9.17, 15) is 9.59 Å². The van der Waals surface area contributed by atoms with Crippen LogP contribution < -0.4 is 10.9 Å². The molecule has 1 aliphatic carbocycles. The van der Waals surface area contributed by atoms with Crippen LogP contribution in [0.5, 0.6) is 0 Å². The van der Waals surface area contributed by atoms with Crippen molar-refractivity contribution >= 4 is 22.4 Å². The van der Waals surface area contributed by atoms with Gasteiger partial charge in [0.05, 0.1) is 16.6 Å². The van der Waals surface area contributed by atoms with Crippen molar-refractivity contribution in [2.24, 2.45) is 5.92 Å². The highest BCUT2D eigenvalue weighted by Crippen LogP contribution is 2.38. The van der Waals surface area contributed by atoms with Crippen LogP contribution in [0.25, 0.3) is 21.8 Å². The molecule has 2 heterocycles. The third kappa shape index (κ3) is 4.36. The van der Waals surface area contributed by atoms with Gasteiger partial charge in [-0.3, -0.25) is 9.59 Å². The van der Waals surface area contributed by atoms with Gasteiger partial charge in [0.15, 0.2) is 5.13 Å². The topological polar surface area (TPSA) is 76.9 Å². The lowest BCUT2D eigenvalue weighted by Gasteiger charge is -2.19. The van der Waals surface area contributed by atoms with Crippen molar-refractivity contribution < 1.29 is 4.79 Å². The number of amides is 1. The molecule has 30 heavy (non-hydrogen) atoms. The van der Waals surface area contributed by atoms with Crippen molar-refractivity contribution in [2.45, 2.75) is 52.0 Å². The fourth-order valence-corrected chi connectivity index (χ4v) is 4.78. The van der Waals surface area contributed by atoms with Crippen LogP contribution in [-0.2, 0) is 4.79 Å². The first kappa shape index (κ1) is 20.5. The number of nitrogens with zero attached hydrogens (tertiary/aromatic N) is 3. The summed E-state index contributed by atoms with van der Waals surface area (Å²) in [5.41, 5.74) is 2.26. The predicted octanol–water partition coefficient (Wildman–Crippen LogP) is 5.13. The number of nitrogens with one attached hydrogen (secondary N) is 1. The van der Waals surface area contributed by atoms with E-state index >= 15 is 0 Å². The lowest BCUT2D eigenvalue weighted by Crippen LogP contribution is -2.24. The first-order valence-corrected chi connectivity index (χ1v) is 11.3. The molecule has 4 rings (SSSR count). The molecule has 1 N–H and O–H groups in total. The Kier molecular flexibility index (Phi) is 6.08. The van der Waals surface area contributed by atoms with E-state index in [1.807, 2.05) is 44.2 Å². The number of hydrogen-bond acceptors (Lipinski definition) is 5.